The number of rotatable bonds is 8. The molecule has 3 heterocycles. The van der Waals surface area contributed by atoms with Gasteiger partial charge in [0.05, 0.1) is 0 Å². The van der Waals surface area contributed by atoms with Crippen LogP contribution in [0.25, 0.3) is 0 Å². The zero-order valence-electron chi connectivity index (χ0n) is 16.6. The van der Waals surface area contributed by atoms with Gasteiger partial charge in [0, 0.05) is 31.9 Å². The third-order valence-corrected chi connectivity index (χ3v) is 5.50. The first-order chi connectivity index (χ1) is 14.7. The number of aromatic nitrogens is 4. The summed E-state index contributed by atoms with van der Waals surface area (Å²) >= 11 is 1.31. The molecule has 0 spiro atoms. The molecule has 1 aromatic carbocycles. The van der Waals surface area contributed by atoms with Gasteiger partial charge in [-0.05, 0) is 31.0 Å². The minimum absolute atomic E-state index is 0.226. The molecule has 2 aromatic heterocycles. The van der Waals surface area contributed by atoms with Crippen LogP contribution in [0.5, 0.6) is 0 Å². The molecule has 2 unspecified atom stereocenters. The predicted molar refractivity (Wildman–Crippen MR) is 116 cm³/mol. The van der Waals surface area contributed by atoms with Gasteiger partial charge in [-0.15, -0.1) is 15.3 Å². The van der Waals surface area contributed by atoms with Gasteiger partial charge in [-0.2, -0.15) is 5.10 Å². The van der Waals surface area contributed by atoms with Crippen molar-refractivity contribution in [3.63, 3.8) is 0 Å². The van der Waals surface area contributed by atoms with Crippen molar-refractivity contribution >= 4 is 33.3 Å². The Morgan fingerprint density at radius 3 is 2.80 bits per heavy atom. The first kappa shape index (κ1) is 20.2. The van der Waals surface area contributed by atoms with Gasteiger partial charge in [0.25, 0.3) is 5.91 Å². The summed E-state index contributed by atoms with van der Waals surface area (Å²) in [4.78, 5) is 14.9. The minimum Gasteiger partial charge on any atom is -0.364 e. The Morgan fingerprint density at radius 1 is 1.20 bits per heavy atom. The van der Waals surface area contributed by atoms with Crippen molar-refractivity contribution in [2.75, 3.05) is 35.2 Å². The number of hydrogen-bond acceptors (Lipinski definition) is 9. The van der Waals surface area contributed by atoms with Crippen molar-refractivity contribution in [2.45, 2.75) is 25.5 Å². The average Bonchev–Trinajstić information content (AvgIpc) is 3.43. The molecule has 1 saturated heterocycles. The number of anilines is 3. The van der Waals surface area contributed by atoms with Crippen molar-refractivity contribution in [3.05, 3.63) is 54.2 Å². The van der Waals surface area contributed by atoms with E-state index in [1.807, 2.05) is 49.4 Å². The van der Waals surface area contributed by atoms with Gasteiger partial charge in [0.15, 0.2) is 11.9 Å². The SMILES string of the molecule is CCOC(C(=O)Nc1nnc(NC2CCN(c3cccnn3)C2)s1)c1ccccc1. The number of amides is 1. The van der Waals surface area contributed by atoms with E-state index in [0.717, 1.165) is 30.9 Å². The van der Waals surface area contributed by atoms with E-state index in [4.69, 9.17) is 4.74 Å². The molecule has 0 aliphatic carbocycles. The minimum atomic E-state index is -0.688. The van der Waals surface area contributed by atoms with Crippen molar-refractivity contribution in [3.8, 4) is 0 Å². The Bertz CT molecular complexity index is 954. The molecule has 9 nitrogen and oxygen atoms in total. The quantitative estimate of drug-likeness (QED) is 0.568. The summed E-state index contributed by atoms with van der Waals surface area (Å²) in [5.74, 6) is 0.607. The fraction of sp³-hybridized carbons (Fsp3) is 0.350. The Balaban J connectivity index is 1.34. The molecule has 1 aliphatic heterocycles. The molecule has 0 bridgehead atoms. The fourth-order valence-electron chi connectivity index (χ4n) is 3.34. The fourth-order valence-corrected chi connectivity index (χ4v) is 4.07. The third kappa shape index (κ3) is 4.89. The molecular weight excluding hydrogens is 402 g/mol. The highest BCUT2D eigenvalue weighted by atomic mass is 32.1. The second kappa shape index (κ2) is 9.59. The number of carbonyl (C=O) groups is 1. The van der Waals surface area contributed by atoms with Crippen molar-refractivity contribution in [1.29, 1.82) is 0 Å². The van der Waals surface area contributed by atoms with Gasteiger partial charge in [-0.1, -0.05) is 41.7 Å². The summed E-state index contributed by atoms with van der Waals surface area (Å²) in [5, 5.41) is 23.7. The lowest BCUT2D eigenvalue weighted by Crippen LogP contribution is -2.26. The Hall–Kier alpha value is -3.11. The summed E-state index contributed by atoms with van der Waals surface area (Å²) in [6.45, 7) is 3.99. The Morgan fingerprint density at radius 2 is 2.03 bits per heavy atom. The second-order valence-corrected chi connectivity index (χ2v) is 7.78. The maximum Gasteiger partial charge on any atom is 0.259 e. The standard InChI is InChI=1S/C20H23N7O2S/c1-2-29-17(14-7-4-3-5-8-14)18(28)23-20-26-25-19(30-20)22-15-10-12-27(13-15)16-9-6-11-21-24-16/h3-9,11,15,17H,2,10,12-13H2,1H3,(H,22,25)(H,23,26,28). The molecule has 1 aliphatic rings. The molecule has 156 valence electrons. The van der Waals surface area contributed by atoms with Crippen LogP contribution in [0.15, 0.2) is 48.7 Å². The summed E-state index contributed by atoms with van der Waals surface area (Å²) < 4.78 is 5.64. The molecule has 0 radical (unpaired) electrons. The zero-order valence-corrected chi connectivity index (χ0v) is 17.4. The third-order valence-electron chi connectivity index (χ3n) is 4.73. The molecular formula is C20H23N7O2S. The predicted octanol–water partition coefficient (Wildman–Crippen LogP) is 2.74. The van der Waals surface area contributed by atoms with Crippen LogP contribution in [-0.2, 0) is 9.53 Å². The number of ether oxygens (including phenoxy) is 1. The topological polar surface area (TPSA) is 105 Å². The average molecular weight is 426 g/mol. The van der Waals surface area contributed by atoms with Crippen LogP contribution in [0.3, 0.4) is 0 Å². The largest absolute Gasteiger partial charge is 0.364 e. The number of carbonyl (C=O) groups excluding carboxylic acids is 1. The van der Waals surface area contributed by atoms with Gasteiger partial charge < -0.3 is 15.0 Å². The van der Waals surface area contributed by atoms with E-state index in [2.05, 4.69) is 35.9 Å². The molecule has 4 rings (SSSR count). The van der Waals surface area contributed by atoms with Gasteiger partial charge in [0.1, 0.15) is 0 Å². The number of hydrogen-bond donors (Lipinski definition) is 2. The van der Waals surface area contributed by atoms with Gasteiger partial charge >= 0.3 is 0 Å². The van der Waals surface area contributed by atoms with E-state index in [9.17, 15) is 4.79 Å². The first-order valence-electron chi connectivity index (χ1n) is 9.83. The van der Waals surface area contributed by atoms with Crippen LogP contribution in [0.1, 0.15) is 25.0 Å². The zero-order chi connectivity index (χ0) is 20.8. The van der Waals surface area contributed by atoms with E-state index in [0.29, 0.717) is 16.9 Å². The van der Waals surface area contributed by atoms with Gasteiger partial charge in [-0.3, -0.25) is 10.1 Å². The maximum absolute atomic E-state index is 12.7. The molecule has 3 aromatic rings. The lowest BCUT2D eigenvalue weighted by molar-refractivity contribution is -0.127. The van der Waals surface area contributed by atoms with Crippen LogP contribution < -0.4 is 15.5 Å². The van der Waals surface area contributed by atoms with Crippen molar-refractivity contribution in [2.24, 2.45) is 0 Å². The highest BCUT2D eigenvalue weighted by molar-refractivity contribution is 7.19. The number of nitrogens with zero attached hydrogens (tertiary/aromatic N) is 5. The summed E-state index contributed by atoms with van der Waals surface area (Å²) in [6, 6.07) is 13.5. The molecule has 2 atom stereocenters. The summed E-state index contributed by atoms with van der Waals surface area (Å²) in [7, 11) is 0. The van der Waals surface area contributed by atoms with E-state index in [1.54, 1.807) is 6.20 Å². The Labute approximate surface area is 178 Å². The number of nitrogens with one attached hydrogen (secondary N) is 2. The van der Waals surface area contributed by atoms with Gasteiger partial charge in [-0.25, -0.2) is 0 Å². The van der Waals surface area contributed by atoms with Crippen molar-refractivity contribution in [1.82, 2.24) is 20.4 Å². The van der Waals surface area contributed by atoms with Gasteiger partial charge in [0.2, 0.25) is 10.3 Å². The highest BCUT2D eigenvalue weighted by Gasteiger charge is 2.25. The second-order valence-electron chi connectivity index (χ2n) is 6.81. The normalized spacial score (nSPS) is 17.0. The van der Waals surface area contributed by atoms with Crippen LogP contribution in [0.4, 0.5) is 16.1 Å². The monoisotopic (exact) mass is 425 g/mol. The van der Waals surface area contributed by atoms with Crippen molar-refractivity contribution < 1.29 is 9.53 Å². The molecule has 10 heteroatoms. The van der Waals surface area contributed by atoms with E-state index < -0.39 is 6.10 Å². The molecule has 30 heavy (non-hydrogen) atoms. The summed E-state index contributed by atoms with van der Waals surface area (Å²) in [5.41, 5.74) is 0.801. The summed E-state index contributed by atoms with van der Waals surface area (Å²) in [6.07, 6.45) is 1.94. The Kier molecular flexibility index (Phi) is 6.45. The van der Waals surface area contributed by atoms with E-state index >= 15 is 0 Å². The molecule has 1 fully saturated rings. The number of benzene rings is 1. The van der Waals surface area contributed by atoms with Crippen LogP contribution in [0.2, 0.25) is 0 Å². The van der Waals surface area contributed by atoms with Crippen LogP contribution >= 0.6 is 11.3 Å². The van der Waals surface area contributed by atoms with Crippen LogP contribution in [0, 0.1) is 0 Å². The smallest absolute Gasteiger partial charge is 0.259 e. The molecule has 0 saturated carbocycles. The lowest BCUT2D eigenvalue weighted by Gasteiger charge is -2.16. The first-order valence-corrected chi connectivity index (χ1v) is 10.6. The highest BCUT2D eigenvalue weighted by Crippen LogP contribution is 2.26. The molecule has 1 amide bonds. The van der Waals surface area contributed by atoms with E-state index in [1.165, 1.54) is 11.3 Å². The van der Waals surface area contributed by atoms with Crippen LogP contribution in [-0.4, -0.2) is 52.0 Å². The van der Waals surface area contributed by atoms with E-state index in [-0.39, 0.29) is 11.9 Å². The molecule has 2 N–H and O–H groups in total. The maximum atomic E-state index is 12.7. The lowest BCUT2D eigenvalue weighted by atomic mass is 10.1.